The van der Waals surface area contributed by atoms with Gasteiger partial charge < -0.3 is 21.3 Å². The number of hydrogen-bond acceptors (Lipinski definition) is 7. The summed E-state index contributed by atoms with van der Waals surface area (Å²) in [4.78, 5) is 40.1. The van der Waals surface area contributed by atoms with Gasteiger partial charge in [0, 0.05) is 39.8 Å². The number of hydrogen-bond donors (Lipinski definition) is 3. The van der Waals surface area contributed by atoms with Crippen molar-refractivity contribution in [3.63, 3.8) is 0 Å². The van der Waals surface area contributed by atoms with Crippen molar-refractivity contribution in [3.8, 4) is 11.1 Å². The maximum atomic E-state index is 15.5. The van der Waals surface area contributed by atoms with Crippen molar-refractivity contribution in [3.05, 3.63) is 95.5 Å². The zero-order valence-corrected chi connectivity index (χ0v) is 24.2. The lowest BCUT2D eigenvalue weighted by Gasteiger charge is -2.24. The van der Waals surface area contributed by atoms with E-state index in [4.69, 9.17) is 17.3 Å². The van der Waals surface area contributed by atoms with Gasteiger partial charge in [0.05, 0.1) is 17.7 Å². The lowest BCUT2D eigenvalue weighted by atomic mass is 10.0. The van der Waals surface area contributed by atoms with Gasteiger partial charge in [0.1, 0.15) is 18.8 Å². The molecule has 0 bridgehead atoms. The molecule has 3 heterocycles. The average Bonchev–Trinajstić information content (AvgIpc) is 3.59. The van der Waals surface area contributed by atoms with Gasteiger partial charge in [-0.05, 0) is 42.5 Å². The van der Waals surface area contributed by atoms with E-state index in [1.807, 2.05) is 0 Å². The molecule has 0 spiro atoms. The van der Waals surface area contributed by atoms with Crippen molar-refractivity contribution >= 4 is 57.4 Å². The largest absolute Gasteiger partial charge is 0.364 e. The summed E-state index contributed by atoms with van der Waals surface area (Å²) in [6.45, 7) is -0.749. The average molecular weight is 631 g/mol. The highest BCUT2D eigenvalue weighted by Crippen LogP contribution is 2.33. The quantitative estimate of drug-likeness (QED) is 0.225. The number of halogens is 3. The fraction of sp³-hybridized carbons (Fsp3) is 0.161. The highest BCUT2D eigenvalue weighted by Gasteiger charge is 2.40. The van der Waals surface area contributed by atoms with Crippen LogP contribution in [0, 0.1) is 5.82 Å². The van der Waals surface area contributed by atoms with Crippen LogP contribution in [0.5, 0.6) is 0 Å². The molecule has 2 unspecified atom stereocenters. The number of anilines is 3. The van der Waals surface area contributed by atoms with Crippen LogP contribution >= 0.6 is 11.6 Å². The van der Waals surface area contributed by atoms with E-state index in [9.17, 15) is 18.8 Å². The lowest BCUT2D eigenvalue weighted by molar-refractivity contribution is -0.137. The number of fused-ring (bicyclic) bond motifs is 1. The van der Waals surface area contributed by atoms with E-state index in [1.54, 1.807) is 60.7 Å². The first-order valence-corrected chi connectivity index (χ1v) is 14.2. The Morgan fingerprint density at radius 2 is 1.82 bits per heavy atom. The second-order valence-electron chi connectivity index (χ2n) is 10.4. The number of nitrogens with two attached hydrogens (primary N) is 1. The molecule has 11 nitrogen and oxygen atoms in total. The number of nitrogens with zero attached hydrogens (tertiary/aromatic N) is 5. The molecule has 3 amide bonds. The SMILES string of the molecule is NC(=O)c1nn(CC(=O)N2CC(F)CC2C(=O)Nc2cccc(-c3ccccc3Cl)c2F)c2ccc(Nc3cccnn3)cc12. The van der Waals surface area contributed by atoms with E-state index in [2.05, 4.69) is 25.9 Å². The fourth-order valence-electron chi connectivity index (χ4n) is 5.34. The monoisotopic (exact) mass is 630 g/mol. The topological polar surface area (TPSA) is 148 Å². The molecule has 0 radical (unpaired) electrons. The van der Waals surface area contributed by atoms with Crippen molar-refractivity contribution in [1.29, 1.82) is 0 Å². The first kappa shape index (κ1) is 29.6. The van der Waals surface area contributed by atoms with E-state index in [0.717, 1.165) is 4.90 Å². The number of rotatable bonds is 8. The summed E-state index contributed by atoms with van der Waals surface area (Å²) >= 11 is 6.24. The van der Waals surface area contributed by atoms with Gasteiger partial charge in [0.15, 0.2) is 17.3 Å². The smallest absolute Gasteiger partial charge is 0.269 e. The molecular weight excluding hydrogens is 606 g/mol. The van der Waals surface area contributed by atoms with Crippen LogP contribution in [0.3, 0.4) is 0 Å². The third-order valence-electron chi connectivity index (χ3n) is 7.41. The molecule has 0 saturated carbocycles. The summed E-state index contributed by atoms with van der Waals surface area (Å²) in [5.41, 5.74) is 6.96. The number of amides is 3. The third kappa shape index (κ3) is 6.02. The molecule has 0 aliphatic carbocycles. The standard InChI is InChI=1S/C31H25ClF2N8O3/c32-22-7-2-1-5-19(22)20-6-3-8-23(28(20)34)38-31(45)25-13-17(33)15-41(25)27(43)16-42-24-11-10-18(37-26-9-4-12-36-39-26)14-21(24)29(40-42)30(35)44/h1-12,14,17,25H,13,15-16H2,(H2,35,44)(H,37,39)(H,38,45). The molecule has 45 heavy (non-hydrogen) atoms. The van der Waals surface area contributed by atoms with Crippen LogP contribution in [0.4, 0.5) is 26.0 Å². The summed E-state index contributed by atoms with van der Waals surface area (Å²) in [5.74, 6) is -2.44. The van der Waals surface area contributed by atoms with Crippen LogP contribution in [0.1, 0.15) is 16.9 Å². The highest BCUT2D eigenvalue weighted by molar-refractivity contribution is 6.33. The summed E-state index contributed by atoms with van der Waals surface area (Å²) in [6.07, 6.45) is -0.222. The van der Waals surface area contributed by atoms with Gasteiger partial charge in [-0.3, -0.25) is 19.1 Å². The van der Waals surface area contributed by atoms with Crippen LogP contribution in [0.15, 0.2) is 79.0 Å². The van der Waals surface area contributed by atoms with Crippen molar-refractivity contribution in [2.45, 2.75) is 25.2 Å². The van der Waals surface area contributed by atoms with Crippen LogP contribution in [0.25, 0.3) is 22.0 Å². The van der Waals surface area contributed by atoms with Crippen molar-refractivity contribution in [2.24, 2.45) is 5.73 Å². The molecule has 4 N–H and O–H groups in total. The van der Waals surface area contributed by atoms with E-state index in [1.165, 1.54) is 23.0 Å². The fourth-order valence-corrected chi connectivity index (χ4v) is 5.57. The van der Waals surface area contributed by atoms with Gasteiger partial charge in [-0.25, -0.2) is 8.78 Å². The van der Waals surface area contributed by atoms with Crippen molar-refractivity contribution in [2.75, 3.05) is 17.2 Å². The molecular formula is C31H25ClF2N8O3. The Morgan fingerprint density at radius 3 is 2.58 bits per heavy atom. The van der Waals surface area contributed by atoms with Gasteiger partial charge in [-0.1, -0.05) is 41.9 Å². The molecule has 1 saturated heterocycles. The maximum absolute atomic E-state index is 15.5. The Labute approximate surface area is 260 Å². The predicted octanol–water partition coefficient (Wildman–Crippen LogP) is 4.71. The highest BCUT2D eigenvalue weighted by atomic mass is 35.5. The number of carbonyl (C=O) groups excluding carboxylic acids is 3. The number of nitrogens with one attached hydrogen (secondary N) is 2. The number of primary amides is 1. The molecule has 14 heteroatoms. The summed E-state index contributed by atoms with van der Waals surface area (Å²) < 4.78 is 31.4. The minimum absolute atomic E-state index is 0.0754. The number of likely N-dealkylation sites (tertiary alicyclic amines) is 1. The normalized spacial score (nSPS) is 16.1. The molecule has 228 valence electrons. The van der Waals surface area contributed by atoms with Gasteiger partial charge in [0.2, 0.25) is 11.8 Å². The van der Waals surface area contributed by atoms with Crippen LogP contribution in [0.2, 0.25) is 5.02 Å². The number of carbonyl (C=O) groups is 3. The molecule has 1 aliphatic rings. The molecule has 6 rings (SSSR count). The lowest BCUT2D eigenvalue weighted by Crippen LogP contribution is -2.44. The third-order valence-corrected chi connectivity index (χ3v) is 7.74. The molecule has 1 fully saturated rings. The van der Waals surface area contributed by atoms with E-state index >= 15 is 4.39 Å². The summed E-state index contributed by atoms with van der Waals surface area (Å²) in [6, 6.07) is 18.3. The molecule has 2 atom stereocenters. The van der Waals surface area contributed by atoms with E-state index in [-0.39, 0.29) is 29.9 Å². The number of aromatic nitrogens is 4. The number of alkyl halides is 1. The predicted molar refractivity (Wildman–Crippen MR) is 164 cm³/mol. The zero-order chi connectivity index (χ0) is 31.7. The van der Waals surface area contributed by atoms with Crippen LogP contribution < -0.4 is 16.4 Å². The van der Waals surface area contributed by atoms with E-state index in [0.29, 0.717) is 33.0 Å². The second kappa shape index (κ2) is 12.3. The Balaban J connectivity index is 1.23. The van der Waals surface area contributed by atoms with Gasteiger partial charge in [-0.15, -0.1) is 5.10 Å². The minimum Gasteiger partial charge on any atom is -0.364 e. The van der Waals surface area contributed by atoms with Gasteiger partial charge in [-0.2, -0.15) is 10.2 Å². The van der Waals surface area contributed by atoms with Crippen molar-refractivity contribution < 1.29 is 23.2 Å². The second-order valence-corrected chi connectivity index (χ2v) is 10.8. The van der Waals surface area contributed by atoms with Crippen LogP contribution in [-0.4, -0.2) is 61.4 Å². The molecule has 2 aromatic heterocycles. The summed E-state index contributed by atoms with van der Waals surface area (Å²) in [5, 5.41) is 18.3. The first-order chi connectivity index (χ1) is 21.7. The van der Waals surface area contributed by atoms with Gasteiger partial charge in [0.25, 0.3) is 5.91 Å². The Hall–Kier alpha value is -5.43. The Morgan fingerprint density at radius 1 is 1.02 bits per heavy atom. The van der Waals surface area contributed by atoms with Gasteiger partial charge >= 0.3 is 0 Å². The summed E-state index contributed by atoms with van der Waals surface area (Å²) in [7, 11) is 0. The Bertz CT molecular complexity index is 1940. The molecule has 3 aromatic carbocycles. The number of benzene rings is 3. The minimum atomic E-state index is -1.48. The molecule has 1 aliphatic heterocycles. The van der Waals surface area contributed by atoms with Crippen LogP contribution in [-0.2, 0) is 16.1 Å². The van der Waals surface area contributed by atoms with Crippen molar-refractivity contribution in [1.82, 2.24) is 24.9 Å². The maximum Gasteiger partial charge on any atom is 0.269 e. The molecule has 5 aromatic rings. The Kier molecular flexibility index (Phi) is 8.09. The first-order valence-electron chi connectivity index (χ1n) is 13.8. The zero-order valence-electron chi connectivity index (χ0n) is 23.5. The van der Waals surface area contributed by atoms with E-state index < -0.39 is 42.3 Å².